The number of hydrogen-bond donors (Lipinski definition) is 2. The highest BCUT2D eigenvalue weighted by molar-refractivity contribution is 7.92. The van der Waals surface area contributed by atoms with Crippen molar-refractivity contribution in [2.75, 3.05) is 17.0 Å². The summed E-state index contributed by atoms with van der Waals surface area (Å²) in [5.41, 5.74) is 0.914. The molecule has 8 heteroatoms. The molecule has 0 radical (unpaired) electrons. The number of aromatic nitrogens is 1. The molecule has 2 aromatic rings. The number of rotatable bonds is 7. The fourth-order valence-corrected chi connectivity index (χ4v) is 2.44. The normalized spacial score (nSPS) is 10.9. The van der Waals surface area contributed by atoms with Crippen LogP contribution in [0.4, 0.5) is 5.69 Å². The van der Waals surface area contributed by atoms with E-state index < -0.39 is 10.0 Å². The van der Waals surface area contributed by atoms with Crippen molar-refractivity contribution in [2.45, 2.75) is 13.8 Å². The molecule has 1 heterocycles. The van der Waals surface area contributed by atoms with Crippen LogP contribution in [0.5, 0.6) is 11.6 Å². The zero-order valence-corrected chi connectivity index (χ0v) is 14.3. The first-order valence-electron chi connectivity index (χ1n) is 7.46. The van der Waals surface area contributed by atoms with Gasteiger partial charge < -0.3 is 10.1 Å². The van der Waals surface area contributed by atoms with Crippen LogP contribution < -0.4 is 14.8 Å². The van der Waals surface area contributed by atoms with Gasteiger partial charge in [-0.3, -0.25) is 9.52 Å². The second-order valence-corrected chi connectivity index (χ2v) is 6.89. The van der Waals surface area contributed by atoms with Gasteiger partial charge in [-0.2, -0.15) is 0 Å². The number of nitrogens with zero attached hydrogens (tertiary/aromatic N) is 1. The lowest BCUT2D eigenvalue weighted by molar-refractivity contribution is 0.0955. The highest BCUT2D eigenvalue weighted by Gasteiger charge is 2.08. The average Bonchev–Trinajstić information content (AvgIpc) is 2.57. The number of sulfonamides is 1. The molecule has 2 N–H and O–H groups in total. The summed E-state index contributed by atoms with van der Waals surface area (Å²) in [5.74, 6) is 0.661. The van der Waals surface area contributed by atoms with E-state index in [1.165, 1.54) is 6.20 Å². The van der Waals surface area contributed by atoms with E-state index in [4.69, 9.17) is 4.74 Å². The standard InChI is InChI=1S/C16H19N3O4S/c1-3-17-16(20)12-5-10-15(18-11-12)23-14-8-6-13(7-9-14)19-24(21,22)4-2/h5-11,19H,3-4H2,1-2H3,(H,17,20). The van der Waals surface area contributed by atoms with Crippen molar-refractivity contribution in [3.8, 4) is 11.6 Å². The minimum absolute atomic E-state index is 0.00707. The Morgan fingerprint density at radius 1 is 1.12 bits per heavy atom. The number of anilines is 1. The van der Waals surface area contributed by atoms with Gasteiger partial charge in [-0.05, 0) is 44.2 Å². The molecule has 24 heavy (non-hydrogen) atoms. The molecular weight excluding hydrogens is 330 g/mol. The maximum atomic E-state index is 11.6. The van der Waals surface area contributed by atoms with Gasteiger partial charge in [0.15, 0.2) is 0 Å². The number of hydrogen-bond acceptors (Lipinski definition) is 5. The summed E-state index contributed by atoms with van der Waals surface area (Å²) in [6.45, 7) is 3.95. The Morgan fingerprint density at radius 2 is 1.83 bits per heavy atom. The van der Waals surface area contributed by atoms with Crippen LogP contribution in [0.15, 0.2) is 42.6 Å². The summed E-state index contributed by atoms with van der Waals surface area (Å²) in [7, 11) is -3.30. The molecule has 0 aliphatic heterocycles. The van der Waals surface area contributed by atoms with E-state index in [0.29, 0.717) is 29.4 Å². The predicted octanol–water partition coefficient (Wildman–Crippen LogP) is 2.39. The maximum Gasteiger partial charge on any atom is 0.252 e. The van der Waals surface area contributed by atoms with Gasteiger partial charge in [0.1, 0.15) is 5.75 Å². The third kappa shape index (κ3) is 4.95. The van der Waals surface area contributed by atoms with Crippen LogP contribution in [0.1, 0.15) is 24.2 Å². The number of pyridine rings is 1. The Labute approximate surface area is 141 Å². The van der Waals surface area contributed by atoms with Crippen LogP contribution in [0, 0.1) is 0 Å². The number of ether oxygens (including phenoxy) is 1. The fraction of sp³-hybridized carbons (Fsp3) is 0.250. The van der Waals surface area contributed by atoms with Crippen LogP contribution in [0.3, 0.4) is 0 Å². The summed E-state index contributed by atoms with van der Waals surface area (Å²) in [5, 5.41) is 2.68. The van der Waals surface area contributed by atoms with Crippen LogP contribution >= 0.6 is 0 Å². The van der Waals surface area contributed by atoms with Crippen LogP contribution in [-0.4, -0.2) is 31.6 Å². The SMILES string of the molecule is CCNC(=O)c1ccc(Oc2ccc(NS(=O)(=O)CC)cc2)nc1. The Balaban J connectivity index is 2.02. The zero-order chi connectivity index (χ0) is 17.6. The maximum absolute atomic E-state index is 11.6. The number of benzene rings is 1. The molecule has 0 aliphatic rings. The van der Waals surface area contributed by atoms with Gasteiger partial charge in [-0.25, -0.2) is 13.4 Å². The van der Waals surface area contributed by atoms with Crippen molar-refractivity contribution < 1.29 is 17.9 Å². The van der Waals surface area contributed by atoms with E-state index in [0.717, 1.165) is 0 Å². The largest absolute Gasteiger partial charge is 0.439 e. The highest BCUT2D eigenvalue weighted by Crippen LogP contribution is 2.22. The molecule has 0 atom stereocenters. The minimum Gasteiger partial charge on any atom is -0.439 e. The minimum atomic E-state index is -3.30. The first-order valence-corrected chi connectivity index (χ1v) is 9.11. The molecule has 0 saturated heterocycles. The third-order valence-corrected chi connectivity index (χ3v) is 4.37. The molecule has 1 amide bonds. The Hall–Kier alpha value is -2.61. The quantitative estimate of drug-likeness (QED) is 0.800. The predicted molar refractivity (Wildman–Crippen MR) is 91.8 cm³/mol. The summed E-state index contributed by atoms with van der Waals surface area (Å²) >= 11 is 0. The van der Waals surface area contributed by atoms with E-state index in [1.807, 2.05) is 6.92 Å². The van der Waals surface area contributed by atoms with E-state index in [9.17, 15) is 13.2 Å². The van der Waals surface area contributed by atoms with Crippen molar-refractivity contribution >= 4 is 21.6 Å². The monoisotopic (exact) mass is 349 g/mol. The lowest BCUT2D eigenvalue weighted by atomic mass is 10.2. The third-order valence-electron chi connectivity index (χ3n) is 3.07. The smallest absolute Gasteiger partial charge is 0.252 e. The number of carbonyl (C=O) groups is 1. The van der Waals surface area contributed by atoms with Gasteiger partial charge in [0.2, 0.25) is 15.9 Å². The zero-order valence-electron chi connectivity index (χ0n) is 13.4. The van der Waals surface area contributed by atoms with Crippen LogP contribution in [0.25, 0.3) is 0 Å². The van der Waals surface area contributed by atoms with Gasteiger partial charge in [0, 0.05) is 24.5 Å². The second-order valence-electron chi connectivity index (χ2n) is 4.88. The van der Waals surface area contributed by atoms with Crippen LogP contribution in [0.2, 0.25) is 0 Å². The van der Waals surface area contributed by atoms with E-state index in [2.05, 4.69) is 15.0 Å². The molecule has 0 fully saturated rings. The first-order chi connectivity index (χ1) is 11.4. The van der Waals surface area contributed by atoms with Crippen LogP contribution in [-0.2, 0) is 10.0 Å². The van der Waals surface area contributed by atoms with Gasteiger partial charge in [0.25, 0.3) is 5.91 Å². The first kappa shape index (κ1) is 17.7. The molecule has 7 nitrogen and oxygen atoms in total. The van der Waals surface area contributed by atoms with Gasteiger partial charge in [-0.15, -0.1) is 0 Å². The van der Waals surface area contributed by atoms with Crippen molar-refractivity contribution in [2.24, 2.45) is 0 Å². The molecule has 0 spiro atoms. The molecule has 0 bridgehead atoms. The lowest BCUT2D eigenvalue weighted by Gasteiger charge is -2.08. The Kier molecular flexibility index (Phi) is 5.75. The summed E-state index contributed by atoms with van der Waals surface area (Å²) in [4.78, 5) is 15.7. The Bertz CT molecular complexity index is 787. The van der Waals surface area contributed by atoms with Crippen molar-refractivity contribution in [1.29, 1.82) is 0 Å². The van der Waals surface area contributed by atoms with E-state index in [1.54, 1.807) is 43.3 Å². The topological polar surface area (TPSA) is 97.4 Å². The lowest BCUT2D eigenvalue weighted by Crippen LogP contribution is -2.22. The molecule has 0 saturated carbocycles. The molecule has 0 aliphatic carbocycles. The summed E-state index contributed by atoms with van der Waals surface area (Å²) in [6.07, 6.45) is 1.43. The highest BCUT2D eigenvalue weighted by atomic mass is 32.2. The van der Waals surface area contributed by atoms with Gasteiger partial charge in [0.05, 0.1) is 11.3 Å². The van der Waals surface area contributed by atoms with E-state index >= 15 is 0 Å². The molecule has 1 aromatic carbocycles. The van der Waals surface area contributed by atoms with Crippen molar-refractivity contribution in [1.82, 2.24) is 10.3 Å². The van der Waals surface area contributed by atoms with E-state index in [-0.39, 0.29) is 11.7 Å². The van der Waals surface area contributed by atoms with Crippen molar-refractivity contribution in [3.63, 3.8) is 0 Å². The molecule has 128 valence electrons. The number of amides is 1. The van der Waals surface area contributed by atoms with Crippen molar-refractivity contribution in [3.05, 3.63) is 48.2 Å². The molecule has 2 rings (SSSR count). The van der Waals surface area contributed by atoms with Gasteiger partial charge >= 0.3 is 0 Å². The van der Waals surface area contributed by atoms with Gasteiger partial charge in [-0.1, -0.05) is 0 Å². The number of carbonyl (C=O) groups excluding carboxylic acids is 1. The molecule has 0 unspecified atom stereocenters. The fourth-order valence-electron chi connectivity index (χ4n) is 1.80. The second kappa shape index (κ2) is 7.78. The summed E-state index contributed by atoms with van der Waals surface area (Å²) < 4.78 is 31.0. The summed E-state index contributed by atoms with van der Waals surface area (Å²) in [6, 6.07) is 9.69. The molecule has 1 aromatic heterocycles. The average molecular weight is 349 g/mol. The Morgan fingerprint density at radius 3 is 2.38 bits per heavy atom. The number of nitrogens with one attached hydrogen (secondary N) is 2. The molecular formula is C16H19N3O4S.